The number of aryl methyl sites for hydroxylation is 1. The summed E-state index contributed by atoms with van der Waals surface area (Å²) in [6, 6.07) is 10.1. The van der Waals surface area contributed by atoms with Crippen LogP contribution in [0.2, 0.25) is 0 Å². The molecule has 0 aliphatic rings. The van der Waals surface area contributed by atoms with Crippen LogP contribution in [0.1, 0.15) is 57.7 Å². The minimum atomic E-state index is 0.442. The van der Waals surface area contributed by atoms with Gasteiger partial charge >= 0.3 is 0 Å². The van der Waals surface area contributed by atoms with E-state index in [1.165, 1.54) is 41.9 Å². The standard InChI is InChI=1S/C17H29NS/c1-5-7-16-8-10-17(11-9-16)15(4)18-14(3)12-13-19-6-2/h8-11,14-15,18H,5-7,12-13H2,1-4H3. The van der Waals surface area contributed by atoms with Gasteiger partial charge in [0.15, 0.2) is 0 Å². The quantitative estimate of drug-likeness (QED) is 0.650. The van der Waals surface area contributed by atoms with Crippen LogP contribution in [0.5, 0.6) is 0 Å². The van der Waals surface area contributed by atoms with E-state index in [0.29, 0.717) is 12.1 Å². The van der Waals surface area contributed by atoms with Crippen molar-refractivity contribution in [2.45, 2.75) is 59.0 Å². The van der Waals surface area contributed by atoms with Crippen molar-refractivity contribution in [2.75, 3.05) is 11.5 Å². The van der Waals surface area contributed by atoms with E-state index >= 15 is 0 Å². The summed E-state index contributed by atoms with van der Waals surface area (Å²) in [6.45, 7) is 9.01. The molecule has 0 spiro atoms. The fourth-order valence-corrected chi connectivity index (χ4v) is 3.08. The lowest BCUT2D eigenvalue weighted by Crippen LogP contribution is -2.29. The predicted octanol–water partition coefficient (Wildman–Crippen LogP) is 4.82. The first kappa shape index (κ1) is 16.6. The van der Waals surface area contributed by atoms with E-state index in [9.17, 15) is 0 Å². The normalized spacial score (nSPS) is 14.3. The number of hydrogen-bond donors (Lipinski definition) is 1. The average Bonchev–Trinajstić information content (AvgIpc) is 2.40. The summed E-state index contributed by atoms with van der Waals surface area (Å²) >= 11 is 2.03. The monoisotopic (exact) mass is 279 g/mol. The summed E-state index contributed by atoms with van der Waals surface area (Å²) < 4.78 is 0. The van der Waals surface area contributed by atoms with Crippen LogP contribution >= 0.6 is 11.8 Å². The first-order valence-electron chi connectivity index (χ1n) is 7.60. The Labute approximate surface area is 123 Å². The Hall–Kier alpha value is -0.470. The van der Waals surface area contributed by atoms with Gasteiger partial charge in [-0.25, -0.2) is 0 Å². The highest BCUT2D eigenvalue weighted by Gasteiger charge is 2.09. The molecule has 0 fully saturated rings. The van der Waals surface area contributed by atoms with Gasteiger partial charge in [0.25, 0.3) is 0 Å². The summed E-state index contributed by atoms with van der Waals surface area (Å²) in [4.78, 5) is 0. The fourth-order valence-electron chi connectivity index (χ4n) is 2.27. The topological polar surface area (TPSA) is 12.0 Å². The van der Waals surface area contributed by atoms with Gasteiger partial charge in [-0.1, -0.05) is 44.5 Å². The third-order valence-electron chi connectivity index (χ3n) is 3.45. The zero-order valence-electron chi connectivity index (χ0n) is 12.9. The molecule has 1 rings (SSSR count). The second-order valence-corrected chi connectivity index (χ2v) is 6.66. The first-order chi connectivity index (χ1) is 9.17. The molecule has 0 amide bonds. The number of thioether (sulfide) groups is 1. The molecule has 1 nitrogen and oxygen atoms in total. The Morgan fingerprint density at radius 1 is 1.11 bits per heavy atom. The van der Waals surface area contributed by atoms with Gasteiger partial charge in [-0.3, -0.25) is 0 Å². The molecule has 2 unspecified atom stereocenters. The molecule has 0 aliphatic carbocycles. The van der Waals surface area contributed by atoms with Crippen molar-refractivity contribution in [1.82, 2.24) is 5.32 Å². The van der Waals surface area contributed by atoms with Crippen LogP contribution in [0.4, 0.5) is 0 Å². The van der Waals surface area contributed by atoms with Crippen molar-refractivity contribution in [3.63, 3.8) is 0 Å². The SMILES string of the molecule is CCCc1ccc(C(C)NC(C)CCSCC)cc1. The van der Waals surface area contributed by atoms with Crippen LogP contribution in [0, 0.1) is 0 Å². The lowest BCUT2D eigenvalue weighted by atomic mass is 10.0. The van der Waals surface area contributed by atoms with E-state index in [1.54, 1.807) is 0 Å². The lowest BCUT2D eigenvalue weighted by molar-refractivity contribution is 0.471. The molecule has 0 saturated heterocycles. The van der Waals surface area contributed by atoms with Gasteiger partial charge < -0.3 is 5.32 Å². The largest absolute Gasteiger partial charge is 0.308 e. The zero-order chi connectivity index (χ0) is 14.1. The van der Waals surface area contributed by atoms with E-state index in [0.717, 1.165) is 0 Å². The summed E-state index contributed by atoms with van der Waals surface area (Å²) in [5, 5.41) is 3.69. The van der Waals surface area contributed by atoms with E-state index in [1.807, 2.05) is 11.8 Å². The molecule has 2 atom stereocenters. The zero-order valence-corrected chi connectivity index (χ0v) is 13.7. The van der Waals surface area contributed by atoms with Crippen LogP contribution < -0.4 is 5.32 Å². The Kier molecular flexibility index (Phi) is 8.24. The fraction of sp³-hybridized carbons (Fsp3) is 0.647. The maximum atomic E-state index is 3.69. The molecular formula is C17H29NS. The summed E-state index contributed by atoms with van der Waals surface area (Å²) in [5.41, 5.74) is 2.85. The molecule has 0 bridgehead atoms. The second kappa shape index (κ2) is 9.44. The average molecular weight is 279 g/mol. The summed E-state index contributed by atoms with van der Waals surface area (Å²) in [7, 11) is 0. The Balaban J connectivity index is 2.41. The molecule has 108 valence electrons. The highest BCUT2D eigenvalue weighted by Crippen LogP contribution is 2.16. The van der Waals surface area contributed by atoms with Crippen molar-refractivity contribution in [3.8, 4) is 0 Å². The molecule has 19 heavy (non-hydrogen) atoms. The Morgan fingerprint density at radius 3 is 2.37 bits per heavy atom. The van der Waals surface area contributed by atoms with Crippen molar-refractivity contribution in [3.05, 3.63) is 35.4 Å². The van der Waals surface area contributed by atoms with Crippen LogP contribution in [0.25, 0.3) is 0 Å². The second-order valence-electron chi connectivity index (χ2n) is 5.27. The van der Waals surface area contributed by atoms with Crippen molar-refractivity contribution in [1.29, 1.82) is 0 Å². The Morgan fingerprint density at radius 2 is 1.79 bits per heavy atom. The van der Waals surface area contributed by atoms with E-state index in [4.69, 9.17) is 0 Å². The summed E-state index contributed by atoms with van der Waals surface area (Å²) in [6.07, 6.45) is 3.66. The van der Waals surface area contributed by atoms with Crippen LogP contribution in [0.3, 0.4) is 0 Å². The van der Waals surface area contributed by atoms with Gasteiger partial charge in [0.1, 0.15) is 0 Å². The molecule has 1 aromatic carbocycles. The lowest BCUT2D eigenvalue weighted by Gasteiger charge is -2.20. The molecule has 0 radical (unpaired) electrons. The third kappa shape index (κ3) is 6.49. The molecule has 2 heteroatoms. The van der Waals surface area contributed by atoms with E-state index < -0.39 is 0 Å². The maximum absolute atomic E-state index is 3.69. The summed E-state index contributed by atoms with van der Waals surface area (Å²) in [5.74, 6) is 2.48. The third-order valence-corrected chi connectivity index (χ3v) is 4.38. The Bertz CT molecular complexity index is 334. The van der Waals surface area contributed by atoms with Crippen molar-refractivity contribution in [2.24, 2.45) is 0 Å². The maximum Gasteiger partial charge on any atom is 0.0294 e. The van der Waals surface area contributed by atoms with Gasteiger partial charge in [0.05, 0.1) is 0 Å². The molecular weight excluding hydrogens is 250 g/mol. The molecule has 0 heterocycles. The minimum Gasteiger partial charge on any atom is -0.308 e. The number of benzene rings is 1. The van der Waals surface area contributed by atoms with E-state index in [2.05, 4.69) is 57.3 Å². The number of nitrogens with one attached hydrogen (secondary N) is 1. The molecule has 0 aliphatic heterocycles. The number of hydrogen-bond acceptors (Lipinski definition) is 2. The highest BCUT2D eigenvalue weighted by atomic mass is 32.2. The van der Waals surface area contributed by atoms with E-state index in [-0.39, 0.29) is 0 Å². The number of rotatable bonds is 9. The van der Waals surface area contributed by atoms with Crippen LogP contribution in [0.15, 0.2) is 24.3 Å². The molecule has 1 aromatic rings. The van der Waals surface area contributed by atoms with Gasteiger partial charge in [0, 0.05) is 12.1 Å². The van der Waals surface area contributed by atoms with Gasteiger partial charge in [-0.15, -0.1) is 0 Å². The molecule has 1 N–H and O–H groups in total. The van der Waals surface area contributed by atoms with Gasteiger partial charge in [-0.2, -0.15) is 11.8 Å². The first-order valence-corrected chi connectivity index (χ1v) is 8.75. The van der Waals surface area contributed by atoms with Crippen molar-refractivity contribution < 1.29 is 0 Å². The molecule has 0 saturated carbocycles. The van der Waals surface area contributed by atoms with Crippen LogP contribution in [-0.4, -0.2) is 17.5 Å². The van der Waals surface area contributed by atoms with Gasteiger partial charge in [-0.05, 0) is 49.3 Å². The van der Waals surface area contributed by atoms with Gasteiger partial charge in [0.2, 0.25) is 0 Å². The smallest absolute Gasteiger partial charge is 0.0294 e. The minimum absolute atomic E-state index is 0.442. The highest BCUT2D eigenvalue weighted by molar-refractivity contribution is 7.99. The van der Waals surface area contributed by atoms with Crippen molar-refractivity contribution >= 4 is 11.8 Å². The van der Waals surface area contributed by atoms with Crippen LogP contribution in [-0.2, 0) is 6.42 Å². The predicted molar refractivity (Wildman–Crippen MR) is 89.1 cm³/mol. The molecule has 0 aromatic heterocycles.